The lowest BCUT2D eigenvalue weighted by molar-refractivity contribution is 0.295. The first-order valence-corrected chi connectivity index (χ1v) is 8.70. The molecule has 1 aliphatic rings. The number of nitrogens with zero attached hydrogens (tertiary/aromatic N) is 2. The van der Waals surface area contributed by atoms with Crippen LogP contribution >= 0.6 is 0 Å². The Bertz CT molecular complexity index is 403. The summed E-state index contributed by atoms with van der Waals surface area (Å²) in [6.45, 7) is 3.48. The van der Waals surface area contributed by atoms with Gasteiger partial charge < -0.3 is 15.7 Å². The van der Waals surface area contributed by atoms with Gasteiger partial charge in [0.2, 0.25) is 10.0 Å². The third-order valence-corrected chi connectivity index (χ3v) is 5.35. The maximum Gasteiger partial charge on any atom is 0.214 e. The zero-order chi connectivity index (χ0) is 15.0. The van der Waals surface area contributed by atoms with Crippen LogP contribution in [0.5, 0.6) is 0 Å². The maximum absolute atomic E-state index is 12.0. The Balaban J connectivity index is 2.42. The number of aliphatic hydroxyl groups excluding tert-OH is 1. The SMILES string of the molecule is CCCS(=O)(=O)N1CCC(NC(=NC)NCCO)CC1. The number of rotatable bonds is 6. The Hall–Kier alpha value is -0.860. The van der Waals surface area contributed by atoms with Crippen LogP contribution in [0.1, 0.15) is 26.2 Å². The summed E-state index contributed by atoms with van der Waals surface area (Å²) in [6, 6.07) is 0.216. The minimum Gasteiger partial charge on any atom is -0.395 e. The summed E-state index contributed by atoms with van der Waals surface area (Å²) in [5.74, 6) is 0.874. The summed E-state index contributed by atoms with van der Waals surface area (Å²) in [6.07, 6.45) is 2.18. The van der Waals surface area contributed by atoms with Crippen molar-refractivity contribution in [1.82, 2.24) is 14.9 Å². The third-order valence-electron chi connectivity index (χ3n) is 3.28. The van der Waals surface area contributed by atoms with Gasteiger partial charge in [-0.15, -0.1) is 0 Å². The Morgan fingerprint density at radius 1 is 1.40 bits per heavy atom. The molecule has 20 heavy (non-hydrogen) atoms. The second kappa shape index (κ2) is 8.43. The molecule has 1 aliphatic heterocycles. The van der Waals surface area contributed by atoms with Crippen LogP contribution in [0.15, 0.2) is 4.99 Å². The molecule has 7 nitrogen and oxygen atoms in total. The standard InChI is InChI=1S/C12H26N4O3S/c1-3-10-20(18,19)16-7-4-11(5-8-16)15-12(13-2)14-6-9-17/h11,17H,3-10H2,1-2H3,(H2,13,14,15). The highest BCUT2D eigenvalue weighted by Gasteiger charge is 2.27. The van der Waals surface area contributed by atoms with Gasteiger partial charge in [0.15, 0.2) is 5.96 Å². The lowest BCUT2D eigenvalue weighted by Gasteiger charge is -2.32. The van der Waals surface area contributed by atoms with Crippen molar-refractivity contribution in [2.24, 2.45) is 4.99 Å². The normalized spacial score (nSPS) is 19.1. The number of hydrogen-bond donors (Lipinski definition) is 3. The largest absolute Gasteiger partial charge is 0.395 e. The topological polar surface area (TPSA) is 94.0 Å². The molecule has 1 fully saturated rings. The van der Waals surface area contributed by atoms with E-state index in [1.807, 2.05) is 6.92 Å². The zero-order valence-corrected chi connectivity index (χ0v) is 13.1. The van der Waals surface area contributed by atoms with Crippen LogP contribution in [-0.2, 0) is 10.0 Å². The van der Waals surface area contributed by atoms with E-state index in [0.29, 0.717) is 32.0 Å². The fourth-order valence-electron chi connectivity index (χ4n) is 2.23. The van der Waals surface area contributed by atoms with E-state index in [1.54, 1.807) is 11.4 Å². The van der Waals surface area contributed by atoms with Gasteiger partial charge in [-0.05, 0) is 19.3 Å². The molecule has 0 atom stereocenters. The van der Waals surface area contributed by atoms with Crippen molar-refractivity contribution in [3.63, 3.8) is 0 Å². The first-order valence-electron chi connectivity index (χ1n) is 7.09. The monoisotopic (exact) mass is 306 g/mol. The molecule has 0 aliphatic carbocycles. The highest BCUT2D eigenvalue weighted by atomic mass is 32.2. The fraction of sp³-hybridized carbons (Fsp3) is 0.917. The van der Waals surface area contributed by atoms with Gasteiger partial charge in [-0.25, -0.2) is 12.7 Å². The van der Waals surface area contributed by atoms with E-state index in [9.17, 15) is 8.42 Å². The second-order valence-corrected chi connectivity index (χ2v) is 6.94. The summed E-state index contributed by atoms with van der Waals surface area (Å²) in [4.78, 5) is 4.07. The number of nitrogens with one attached hydrogen (secondary N) is 2. The maximum atomic E-state index is 12.0. The average molecular weight is 306 g/mol. The van der Waals surface area contributed by atoms with E-state index >= 15 is 0 Å². The molecule has 8 heteroatoms. The van der Waals surface area contributed by atoms with Crippen molar-refractivity contribution >= 4 is 16.0 Å². The van der Waals surface area contributed by atoms with E-state index < -0.39 is 10.0 Å². The molecule has 0 amide bonds. The van der Waals surface area contributed by atoms with E-state index in [-0.39, 0.29) is 18.4 Å². The summed E-state index contributed by atoms with van der Waals surface area (Å²) in [7, 11) is -1.40. The lowest BCUT2D eigenvalue weighted by Crippen LogP contribution is -2.50. The smallest absolute Gasteiger partial charge is 0.214 e. The van der Waals surface area contributed by atoms with Crippen molar-refractivity contribution in [2.75, 3.05) is 39.0 Å². The third kappa shape index (κ3) is 5.26. The first-order chi connectivity index (χ1) is 9.53. The van der Waals surface area contributed by atoms with Gasteiger partial charge in [-0.1, -0.05) is 6.92 Å². The molecular formula is C12H26N4O3S. The number of piperidine rings is 1. The van der Waals surface area contributed by atoms with E-state index in [4.69, 9.17) is 5.11 Å². The minimum absolute atomic E-state index is 0.0500. The predicted octanol–water partition coefficient (Wildman–Crippen LogP) is -0.652. The molecule has 0 unspecified atom stereocenters. The number of hydrogen-bond acceptors (Lipinski definition) is 4. The minimum atomic E-state index is -3.08. The second-order valence-electron chi connectivity index (χ2n) is 4.86. The van der Waals surface area contributed by atoms with Crippen molar-refractivity contribution < 1.29 is 13.5 Å². The molecule has 1 rings (SSSR count). The summed E-state index contributed by atoms with van der Waals surface area (Å²) >= 11 is 0. The molecule has 0 bridgehead atoms. The van der Waals surface area contributed by atoms with Crippen molar-refractivity contribution in [1.29, 1.82) is 0 Å². The Labute approximate surface area is 121 Å². The molecule has 0 aromatic rings. The van der Waals surface area contributed by atoms with Gasteiger partial charge in [0.25, 0.3) is 0 Å². The van der Waals surface area contributed by atoms with Crippen molar-refractivity contribution in [3.05, 3.63) is 0 Å². The molecule has 1 saturated heterocycles. The molecule has 3 N–H and O–H groups in total. The quantitative estimate of drug-likeness (QED) is 0.448. The van der Waals surface area contributed by atoms with Crippen LogP contribution in [0, 0.1) is 0 Å². The highest BCUT2D eigenvalue weighted by Crippen LogP contribution is 2.15. The summed E-state index contributed by atoms with van der Waals surface area (Å²) in [5.41, 5.74) is 0. The fourth-order valence-corrected chi connectivity index (χ4v) is 3.77. The molecule has 0 aromatic carbocycles. The zero-order valence-electron chi connectivity index (χ0n) is 12.3. The Kier molecular flexibility index (Phi) is 7.25. The van der Waals surface area contributed by atoms with Crippen molar-refractivity contribution in [2.45, 2.75) is 32.2 Å². The van der Waals surface area contributed by atoms with Crippen LogP contribution in [0.2, 0.25) is 0 Å². The molecule has 0 saturated carbocycles. The number of guanidine groups is 1. The van der Waals surface area contributed by atoms with Gasteiger partial charge in [0.1, 0.15) is 0 Å². The molecule has 0 aromatic heterocycles. The molecule has 0 radical (unpaired) electrons. The van der Waals surface area contributed by atoms with E-state index in [1.165, 1.54) is 0 Å². The Morgan fingerprint density at radius 2 is 2.05 bits per heavy atom. The van der Waals surface area contributed by atoms with Crippen LogP contribution < -0.4 is 10.6 Å². The lowest BCUT2D eigenvalue weighted by atomic mass is 10.1. The number of sulfonamides is 1. The predicted molar refractivity (Wildman–Crippen MR) is 80.3 cm³/mol. The van der Waals surface area contributed by atoms with Crippen LogP contribution in [0.3, 0.4) is 0 Å². The van der Waals surface area contributed by atoms with E-state index in [0.717, 1.165) is 12.8 Å². The van der Waals surface area contributed by atoms with Crippen LogP contribution in [0.25, 0.3) is 0 Å². The van der Waals surface area contributed by atoms with Gasteiger partial charge in [0.05, 0.1) is 12.4 Å². The van der Waals surface area contributed by atoms with Gasteiger partial charge >= 0.3 is 0 Å². The van der Waals surface area contributed by atoms with Crippen molar-refractivity contribution in [3.8, 4) is 0 Å². The first kappa shape index (κ1) is 17.2. The Morgan fingerprint density at radius 3 is 2.55 bits per heavy atom. The average Bonchev–Trinajstić information content (AvgIpc) is 2.44. The van der Waals surface area contributed by atoms with Gasteiger partial charge in [-0.2, -0.15) is 0 Å². The summed E-state index contributed by atoms with van der Waals surface area (Å²) in [5, 5.41) is 15.0. The van der Waals surface area contributed by atoms with Gasteiger partial charge in [0, 0.05) is 32.7 Å². The molecular weight excluding hydrogens is 280 g/mol. The van der Waals surface area contributed by atoms with Gasteiger partial charge in [-0.3, -0.25) is 4.99 Å². The number of aliphatic imine (C=N–C) groups is 1. The molecule has 1 heterocycles. The van der Waals surface area contributed by atoms with Crippen LogP contribution in [0.4, 0.5) is 0 Å². The highest BCUT2D eigenvalue weighted by molar-refractivity contribution is 7.89. The van der Waals surface area contributed by atoms with E-state index in [2.05, 4.69) is 15.6 Å². The number of aliphatic hydroxyl groups is 1. The molecule has 118 valence electrons. The molecule has 0 spiro atoms. The van der Waals surface area contributed by atoms with Crippen LogP contribution in [-0.4, -0.2) is 68.9 Å². The summed E-state index contributed by atoms with van der Waals surface area (Å²) < 4.78 is 25.5.